The minimum absolute atomic E-state index is 0.0162. The molecule has 7 nitrogen and oxygen atoms in total. The summed E-state index contributed by atoms with van der Waals surface area (Å²) in [5, 5.41) is 2.41. The van der Waals surface area contributed by atoms with Crippen molar-refractivity contribution in [2.75, 3.05) is 25.3 Å². The van der Waals surface area contributed by atoms with E-state index in [1.165, 1.54) is 38.5 Å². The molecule has 1 N–H and O–H groups in total. The van der Waals surface area contributed by atoms with E-state index in [4.69, 9.17) is 0 Å². The van der Waals surface area contributed by atoms with Crippen LogP contribution in [-0.2, 0) is 23.1 Å². The lowest BCUT2D eigenvalue weighted by Gasteiger charge is -2.06. The third-order valence-electron chi connectivity index (χ3n) is 2.35. The maximum Gasteiger partial charge on any atom is 0.411 e. The first-order valence-electron chi connectivity index (χ1n) is 5.80. The summed E-state index contributed by atoms with van der Waals surface area (Å²) >= 11 is 0. The van der Waals surface area contributed by atoms with Gasteiger partial charge in [-0.15, -0.1) is 0 Å². The molecule has 0 bridgehead atoms. The first-order valence-corrected chi connectivity index (χ1v) is 8.79. The van der Waals surface area contributed by atoms with Gasteiger partial charge in [0.25, 0.3) is 0 Å². The Morgan fingerprint density at radius 3 is 2.29 bits per heavy atom. The maximum atomic E-state index is 12.0. The van der Waals surface area contributed by atoms with Crippen LogP contribution < -0.4 is 5.32 Å². The standard InChI is InChI=1S/C12H15NO6S2/c1-18-11(14)7-8-20-21(16,17)10-5-3-9(4-6-10)13-12(15)19-2/h3-6H,7-8H2,1-2H3,(H,13,15). The van der Waals surface area contributed by atoms with Gasteiger partial charge in [-0.3, -0.25) is 10.1 Å². The summed E-state index contributed by atoms with van der Waals surface area (Å²) in [5.74, 6) is -0.354. The van der Waals surface area contributed by atoms with Gasteiger partial charge in [0.15, 0.2) is 0 Å². The Hall–Kier alpha value is -1.74. The number of carbonyl (C=O) groups excluding carboxylic acids is 2. The SMILES string of the molecule is COC(=O)CCSS(=O)(=O)c1ccc(NC(=O)OC)cc1. The van der Waals surface area contributed by atoms with Crippen LogP contribution in [0.1, 0.15) is 6.42 Å². The van der Waals surface area contributed by atoms with Gasteiger partial charge in [0, 0.05) is 11.4 Å². The molecule has 0 aliphatic heterocycles. The van der Waals surface area contributed by atoms with E-state index >= 15 is 0 Å². The topological polar surface area (TPSA) is 98.8 Å². The summed E-state index contributed by atoms with van der Waals surface area (Å²) in [7, 11) is -0.418. The second kappa shape index (κ2) is 7.89. The number of benzene rings is 1. The number of methoxy groups -OCH3 is 2. The predicted molar refractivity (Wildman–Crippen MR) is 78.7 cm³/mol. The lowest BCUT2D eigenvalue weighted by atomic mass is 10.3. The molecule has 0 radical (unpaired) electrons. The van der Waals surface area contributed by atoms with Gasteiger partial charge in [-0.25, -0.2) is 13.2 Å². The zero-order valence-electron chi connectivity index (χ0n) is 11.5. The molecule has 1 aromatic rings. The fraction of sp³-hybridized carbons (Fsp3) is 0.333. The number of esters is 1. The zero-order chi connectivity index (χ0) is 15.9. The molecule has 0 aromatic heterocycles. The molecule has 9 heteroatoms. The maximum absolute atomic E-state index is 12.0. The molecule has 116 valence electrons. The number of amides is 1. The second-order valence-electron chi connectivity index (χ2n) is 3.74. The van der Waals surface area contributed by atoms with Crippen molar-refractivity contribution in [3.05, 3.63) is 24.3 Å². The fourth-order valence-corrected chi connectivity index (χ4v) is 4.00. The van der Waals surface area contributed by atoms with Gasteiger partial charge < -0.3 is 9.47 Å². The van der Waals surface area contributed by atoms with Gasteiger partial charge >= 0.3 is 12.1 Å². The molecule has 1 amide bonds. The van der Waals surface area contributed by atoms with Crippen LogP contribution in [0, 0.1) is 0 Å². The molecule has 0 heterocycles. The van der Waals surface area contributed by atoms with Crippen molar-refractivity contribution in [1.82, 2.24) is 0 Å². The molecule has 0 fully saturated rings. The average Bonchev–Trinajstić information content (AvgIpc) is 2.47. The number of hydrogen-bond donors (Lipinski definition) is 1. The van der Waals surface area contributed by atoms with Crippen molar-refractivity contribution < 1.29 is 27.5 Å². The molecule has 0 unspecified atom stereocenters. The number of hydrogen-bond acceptors (Lipinski definition) is 7. The molecule has 21 heavy (non-hydrogen) atoms. The highest BCUT2D eigenvalue weighted by Crippen LogP contribution is 2.25. The van der Waals surface area contributed by atoms with E-state index in [1.807, 2.05) is 0 Å². The highest BCUT2D eigenvalue weighted by Gasteiger charge is 2.16. The van der Waals surface area contributed by atoms with E-state index in [0.717, 1.165) is 0 Å². The van der Waals surface area contributed by atoms with Crippen LogP contribution in [0.25, 0.3) is 0 Å². The van der Waals surface area contributed by atoms with E-state index in [9.17, 15) is 18.0 Å². The normalized spacial score (nSPS) is 10.8. The van der Waals surface area contributed by atoms with Gasteiger partial charge in [-0.05, 0) is 35.1 Å². The second-order valence-corrected chi connectivity index (χ2v) is 7.79. The van der Waals surface area contributed by atoms with E-state index in [2.05, 4.69) is 14.8 Å². The summed E-state index contributed by atoms with van der Waals surface area (Å²) in [5.41, 5.74) is 0.417. The van der Waals surface area contributed by atoms with Gasteiger partial charge in [-0.2, -0.15) is 0 Å². The first kappa shape index (κ1) is 17.3. The molecule has 0 atom stereocenters. The van der Waals surface area contributed by atoms with Crippen molar-refractivity contribution in [1.29, 1.82) is 0 Å². The van der Waals surface area contributed by atoms with Gasteiger partial charge in [0.1, 0.15) is 0 Å². The van der Waals surface area contributed by atoms with Crippen LogP contribution in [0.2, 0.25) is 0 Å². The molecule has 1 rings (SSSR count). The van der Waals surface area contributed by atoms with Crippen molar-refractivity contribution in [2.24, 2.45) is 0 Å². The van der Waals surface area contributed by atoms with E-state index in [0.29, 0.717) is 16.5 Å². The smallest absolute Gasteiger partial charge is 0.411 e. The number of rotatable bonds is 6. The minimum Gasteiger partial charge on any atom is -0.469 e. The Morgan fingerprint density at radius 2 is 1.76 bits per heavy atom. The number of nitrogens with one attached hydrogen (secondary N) is 1. The summed E-state index contributed by atoms with van der Waals surface area (Å²) in [4.78, 5) is 22.0. The quantitative estimate of drug-likeness (QED) is 0.626. The van der Waals surface area contributed by atoms with Crippen LogP contribution in [0.15, 0.2) is 29.2 Å². The van der Waals surface area contributed by atoms with E-state index in [-0.39, 0.29) is 17.1 Å². The summed E-state index contributed by atoms with van der Waals surface area (Å²) in [6.07, 6.45) is -0.624. The van der Waals surface area contributed by atoms with Crippen molar-refractivity contribution in [3.63, 3.8) is 0 Å². The molecule has 0 aliphatic carbocycles. The highest BCUT2D eigenvalue weighted by molar-refractivity contribution is 8.72. The Bertz CT molecular complexity index is 597. The number of ether oxygens (including phenoxy) is 2. The molecule has 0 saturated carbocycles. The summed E-state index contributed by atoms with van der Waals surface area (Å²) in [6.45, 7) is 0. The van der Waals surface area contributed by atoms with Crippen LogP contribution in [-0.4, -0.2) is 40.5 Å². The van der Waals surface area contributed by atoms with Crippen molar-refractivity contribution >= 4 is 37.4 Å². The average molecular weight is 333 g/mol. The Labute approximate surface area is 126 Å². The fourth-order valence-electron chi connectivity index (χ4n) is 1.28. The summed E-state index contributed by atoms with van der Waals surface area (Å²) < 4.78 is 32.8. The van der Waals surface area contributed by atoms with E-state index in [1.54, 1.807) is 0 Å². The predicted octanol–water partition coefficient (Wildman–Crippen LogP) is 1.85. The van der Waals surface area contributed by atoms with Crippen molar-refractivity contribution in [3.8, 4) is 0 Å². The third kappa shape index (κ3) is 5.64. The molecular formula is C12H15NO6S2. The monoisotopic (exact) mass is 333 g/mol. The largest absolute Gasteiger partial charge is 0.469 e. The number of carbonyl (C=O) groups is 2. The highest BCUT2D eigenvalue weighted by atomic mass is 33.1. The van der Waals surface area contributed by atoms with Crippen LogP contribution >= 0.6 is 10.8 Å². The Morgan fingerprint density at radius 1 is 1.14 bits per heavy atom. The Kier molecular flexibility index (Phi) is 6.50. The molecule has 0 saturated heterocycles. The summed E-state index contributed by atoms with van der Waals surface area (Å²) in [6, 6.07) is 5.63. The molecular weight excluding hydrogens is 318 g/mol. The van der Waals surface area contributed by atoms with Gasteiger partial charge in [0.05, 0.1) is 25.5 Å². The molecule has 1 aromatic carbocycles. The number of anilines is 1. The third-order valence-corrected chi connectivity index (χ3v) is 5.89. The Balaban J connectivity index is 2.67. The molecule has 0 spiro atoms. The van der Waals surface area contributed by atoms with E-state index < -0.39 is 20.9 Å². The van der Waals surface area contributed by atoms with Crippen LogP contribution in [0.4, 0.5) is 10.5 Å². The lowest BCUT2D eigenvalue weighted by molar-refractivity contribution is -0.140. The first-order chi connectivity index (χ1) is 9.89. The van der Waals surface area contributed by atoms with Crippen LogP contribution in [0.3, 0.4) is 0 Å². The van der Waals surface area contributed by atoms with Gasteiger partial charge in [0.2, 0.25) is 8.87 Å². The zero-order valence-corrected chi connectivity index (χ0v) is 13.1. The molecule has 0 aliphatic rings. The van der Waals surface area contributed by atoms with Crippen LogP contribution in [0.5, 0.6) is 0 Å². The van der Waals surface area contributed by atoms with Crippen molar-refractivity contribution in [2.45, 2.75) is 11.3 Å². The lowest BCUT2D eigenvalue weighted by Crippen LogP contribution is -2.10. The van der Waals surface area contributed by atoms with Gasteiger partial charge in [-0.1, -0.05) is 0 Å². The minimum atomic E-state index is -3.55.